The number of benzene rings is 1. The lowest BCUT2D eigenvalue weighted by Crippen LogP contribution is -2.43. The van der Waals surface area contributed by atoms with Gasteiger partial charge in [0.15, 0.2) is 0 Å². The zero-order valence-corrected chi connectivity index (χ0v) is 13.4. The summed E-state index contributed by atoms with van der Waals surface area (Å²) in [5.41, 5.74) is 1.51. The van der Waals surface area contributed by atoms with Gasteiger partial charge in [-0.3, -0.25) is 9.59 Å². The van der Waals surface area contributed by atoms with Crippen LogP contribution in [0.1, 0.15) is 42.7 Å². The third-order valence-corrected chi connectivity index (χ3v) is 4.37. The Hall–Kier alpha value is -2.63. The van der Waals surface area contributed by atoms with Crippen LogP contribution in [0.15, 0.2) is 40.9 Å². The van der Waals surface area contributed by atoms with Crippen LogP contribution in [0.4, 0.5) is 0 Å². The van der Waals surface area contributed by atoms with Crippen LogP contribution in [0.3, 0.4) is 0 Å². The first kappa shape index (κ1) is 16.2. The number of carboxylic acids is 1. The number of amides is 1. The first-order chi connectivity index (χ1) is 11.6. The van der Waals surface area contributed by atoms with Gasteiger partial charge in [0.2, 0.25) is 5.76 Å². The summed E-state index contributed by atoms with van der Waals surface area (Å²) in [4.78, 5) is 25.3. The highest BCUT2D eigenvalue weighted by molar-refractivity contribution is 5.92. The third-order valence-electron chi connectivity index (χ3n) is 4.37. The van der Waals surface area contributed by atoms with Gasteiger partial charge in [-0.1, -0.05) is 35.5 Å². The molecule has 1 amide bonds. The Bertz CT molecular complexity index is 711. The van der Waals surface area contributed by atoms with Gasteiger partial charge in [0.25, 0.3) is 5.91 Å². The van der Waals surface area contributed by atoms with Crippen molar-refractivity contribution in [3.63, 3.8) is 0 Å². The maximum absolute atomic E-state index is 12.7. The molecular formula is C18H20N2O4. The van der Waals surface area contributed by atoms with Crippen LogP contribution >= 0.6 is 0 Å². The fraction of sp³-hybridized carbons (Fsp3) is 0.389. The molecule has 3 rings (SSSR count). The Labute approximate surface area is 140 Å². The lowest BCUT2D eigenvalue weighted by Gasteiger charge is -2.34. The zero-order chi connectivity index (χ0) is 16.9. The van der Waals surface area contributed by atoms with Crippen LogP contribution in [0.25, 0.3) is 11.3 Å². The molecule has 1 unspecified atom stereocenters. The minimum Gasteiger partial charge on any atom is -0.481 e. The monoisotopic (exact) mass is 328 g/mol. The summed E-state index contributed by atoms with van der Waals surface area (Å²) in [6, 6.07) is 11.1. The van der Waals surface area contributed by atoms with E-state index in [0.717, 1.165) is 24.8 Å². The third kappa shape index (κ3) is 3.64. The van der Waals surface area contributed by atoms with Crippen molar-refractivity contribution < 1.29 is 19.2 Å². The zero-order valence-electron chi connectivity index (χ0n) is 13.4. The second-order valence-electron chi connectivity index (χ2n) is 6.02. The highest BCUT2D eigenvalue weighted by Crippen LogP contribution is 2.25. The van der Waals surface area contributed by atoms with Gasteiger partial charge in [-0.2, -0.15) is 0 Å². The fourth-order valence-corrected chi connectivity index (χ4v) is 3.12. The molecule has 1 N–H and O–H groups in total. The van der Waals surface area contributed by atoms with Crippen LogP contribution < -0.4 is 0 Å². The molecule has 0 radical (unpaired) electrons. The molecule has 0 bridgehead atoms. The van der Waals surface area contributed by atoms with Crippen LogP contribution in [-0.4, -0.2) is 39.6 Å². The number of aromatic nitrogens is 1. The van der Waals surface area contributed by atoms with Crippen molar-refractivity contribution >= 4 is 11.9 Å². The second kappa shape index (κ2) is 7.29. The molecule has 1 saturated heterocycles. The van der Waals surface area contributed by atoms with Gasteiger partial charge in [-0.25, -0.2) is 0 Å². The lowest BCUT2D eigenvalue weighted by atomic mass is 9.97. The standard InChI is InChI=1S/C18H20N2O4/c21-17(22)10-9-14-8-4-5-11-20(14)18(23)16-12-15(19-24-16)13-6-2-1-3-7-13/h1-3,6-7,12,14H,4-5,8-11H2,(H,21,22). The van der Waals surface area contributed by atoms with Gasteiger partial charge >= 0.3 is 5.97 Å². The summed E-state index contributed by atoms with van der Waals surface area (Å²) in [6.45, 7) is 0.629. The molecule has 1 fully saturated rings. The predicted octanol–water partition coefficient (Wildman–Crippen LogP) is 3.20. The van der Waals surface area contributed by atoms with Crippen molar-refractivity contribution in [2.75, 3.05) is 6.54 Å². The second-order valence-corrected chi connectivity index (χ2v) is 6.02. The van der Waals surface area contributed by atoms with Gasteiger partial charge in [-0.05, 0) is 25.7 Å². The van der Waals surface area contributed by atoms with Crippen LogP contribution in [0.5, 0.6) is 0 Å². The molecule has 0 aliphatic carbocycles. The summed E-state index contributed by atoms with van der Waals surface area (Å²) in [5, 5.41) is 12.9. The molecule has 2 heterocycles. The fourth-order valence-electron chi connectivity index (χ4n) is 3.12. The number of likely N-dealkylation sites (tertiary alicyclic amines) is 1. The van der Waals surface area contributed by atoms with E-state index in [1.54, 1.807) is 11.0 Å². The predicted molar refractivity (Wildman–Crippen MR) is 87.5 cm³/mol. The molecule has 2 aromatic rings. The minimum atomic E-state index is -0.834. The number of nitrogens with zero attached hydrogens (tertiary/aromatic N) is 2. The van der Waals surface area contributed by atoms with Crippen LogP contribution in [-0.2, 0) is 4.79 Å². The van der Waals surface area contributed by atoms with Crippen molar-refractivity contribution in [1.29, 1.82) is 0 Å². The number of carbonyl (C=O) groups excluding carboxylic acids is 1. The van der Waals surface area contributed by atoms with Gasteiger partial charge in [-0.15, -0.1) is 0 Å². The minimum absolute atomic E-state index is 0.0485. The van der Waals surface area contributed by atoms with Crippen molar-refractivity contribution in [2.24, 2.45) is 0 Å². The van der Waals surface area contributed by atoms with Gasteiger partial charge in [0, 0.05) is 30.6 Å². The Morgan fingerprint density at radius 3 is 2.79 bits per heavy atom. The van der Waals surface area contributed by atoms with Gasteiger partial charge < -0.3 is 14.5 Å². The maximum Gasteiger partial charge on any atom is 0.303 e. The number of carbonyl (C=O) groups is 2. The maximum atomic E-state index is 12.7. The first-order valence-corrected chi connectivity index (χ1v) is 8.20. The Kier molecular flexibility index (Phi) is 4.93. The molecule has 0 spiro atoms. The van der Waals surface area contributed by atoms with E-state index in [0.29, 0.717) is 18.7 Å². The van der Waals surface area contributed by atoms with E-state index in [-0.39, 0.29) is 24.1 Å². The summed E-state index contributed by atoms with van der Waals surface area (Å²) in [7, 11) is 0. The van der Waals surface area contributed by atoms with Crippen molar-refractivity contribution in [3.05, 3.63) is 42.2 Å². The number of piperidine rings is 1. The molecule has 24 heavy (non-hydrogen) atoms. The largest absolute Gasteiger partial charge is 0.481 e. The van der Waals surface area contributed by atoms with Crippen molar-refractivity contribution in [2.45, 2.75) is 38.1 Å². The molecule has 1 aromatic heterocycles. The summed E-state index contributed by atoms with van der Waals surface area (Å²) < 4.78 is 5.25. The van der Waals surface area contributed by atoms with E-state index >= 15 is 0 Å². The highest BCUT2D eigenvalue weighted by atomic mass is 16.5. The Morgan fingerprint density at radius 1 is 1.25 bits per heavy atom. The smallest absolute Gasteiger partial charge is 0.303 e. The van der Waals surface area contributed by atoms with E-state index in [4.69, 9.17) is 9.63 Å². The quantitative estimate of drug-likeness (QED) is 0.911. The summed E-state index contributed by atoms with van der Waals surface area (Å²) >= 11 is 0. The molecule has 1 aliphatic heterocycles. The van der Waals surface area contributed by atoms with Gasteiger partial charge in [0.1, 0.15) is 5.69 Å². The number of rotatable bonds is 5. The lowest BCUT2D eigenvalue weighted by molar-refractivity contribution is -0.137. The van der Waals surface area contributed by atoms with E-state index in [1.165, 1.54) is 0 Å². The van der Waals surface area contributed by atoms with Gasteiger partial charge in [0.05, 0.1) is 0 Å². The van der Waals surface area contributed by atoms with Crippen molar-refractivity contribution in [1.82, 2.24) is 10.1 Å². The number of aliphatic carboxylic acids is 1. The first-order valence-electron chi connectivity index (χ1n) is 8.20. The summed E-state index contributed by atoms with van der Waals surface area (Å²) in [5.74, 6) is -0.838. The van der Waals surface area contributed by atoms with E-state index in [1.807, 2.05) is 30.3 Å². The normalized spacial score (nSPS) is 17.7. The average molecular weight is 328 g/mol. The molecule has 6 nitrogen and oxygen atoms in total. The SMILES string of the molecule is O=C(O)CCC1CCCCN1C(=O)c1cc(-c2ccccc2)no1. The number of hydrogen-bond donors (Lipinski definition) is 1. The molecule has 1 aliphatic rings. The number of carboxylic acid groups (broad SMARTS) is 1. The Morgan fingerprint density at radius 2 is 2.04 bits per heavy atom. The number of hydrogen-bond acceptors (Lipinski definition) is 4. The average Bonchev–Trinajstić information content (AvgIpc) is 3.10. The molecule has 6 heteroatoms. The highest BCUT2D eigenvalue weighted by Gasteiger charge is 2.30. The van der Waals surface area contributed by atoms with Crippen LogP contribution in [0, 0.1) is 0 Å². The molecule has 1 atom stereocenters. The molecule has 126 valence electrons. The topological polar surface area (TPSA) is 83.6 Å². The molecule has 0 saturated carbocycles. The van der Waals surface area contributed by atoms with E-state index in [9.17, 15) is 9.59 Å². The van der Waals surface area contributed by atoms with E-state index in [2.05, 4.69) is 5.16 Å². The van der Waals surface area contributed by atoms with E-state index < -0.39 is 5.97 Å². The van der Waals surface area contributed by atoms with Crippen LogP contribution in [0.2, 0.25) is 0 Å². The Balaban J connectivity index is 1.74. The van der Waals surface area contributed by atoms with Crippen molar-refractivity contribution in [3.8, 4) is 11.3 Å². The molecular weight excluding hydrogens is 308 g/mol. The molecule has 1 aromatic carbocycles. The summed E-state index contributed by atoms with van der Waals surface area (Å²) in [6.07, 6.45) is 3.31.